The number of ether oxygens (including phenoxy) is 2. The van der Waals surface area contributed by atoms with Gasteiger partial charge in [-0.3, -0.25) is 9.38 Å². The second-order valence-corrected chi connectivity index (χ2v) is 7.77. The molecule has 4 rings (SSSR count). The highest BCUT2D eigenvalue weighted by molar-refractivity contribution is 5.73. The number of nitrogens with zero attached hydrogens (tertiary/aromatic N) is 5. The SMILES string of the molecule is CC.COC(C)(C)Cc1ccc(-c2c(C)nc3c(N4CCOCC4)nccn23)cn1. The van der Waals surface area contributed by atoms with Crippen LogP contribution in [-0.4, -0.2) is 58.4 Å². The molecule has 0 spiro atoms. The topological polar surface area (TPSA) is 64.8 Å². The summed E-state index contributed by atoms with van der Waals surface area (Å²) < 4.78 is 13.1. The minimum atomic E-state index is -0.230. The summed E-state index contributed by atoms with van der Waals surface area (Å²) in [5, 5.41) is 0. The second kappa shape index (κ2) is 9.53. The van der Waals surface area contributed by atoms with E-state index >= 15 is 0 Å². The number of aryl methyl sites for hydroxylation is 1. The third-order valence-corrected chi connectivity index (χ3v) is 5.27. The van der Waals surface area contributed by atoms with Crippen molar-refractivity contribution in [2.45, 2.75) is 46.6 Å². The number of anilines is 1. The molecule has 1 aliphatic rings. The molecular weight excluding hydrogens is 378 g/mol. The molecule has 1 aliphatic heterocycles. The smallest absolute Gasteiger partial charge is 0.181 e. The first kappa shape index (κ1) is 22.2. The fourth-order valence-electron chi connectivity index (χ4n) is 3.60. The minimum Gasteiger partial charge on any atom is -0.378 e. The zero-order valence-corrected chi connectivity index (χ0v) is 19.0. The Morgan fingerprint density at radius 2 is 1.87 bits per heavy atom. The van der Waals surface area contributed by atoms with Crippen molar-refractivity contribution >= 4 is 11.5 Å². The summed E-state index contributed by atoms with van der Waals surface area (Å²) in [6.45, 7) is 13.3. The molecule has 1 saturated heterocycles. The van der Waals surface area contributed by atoms with E-state index < -0.39 is 0 Å². The monoisotopic (exact) mass is 411 g/mol. The Hall–Kier alpha value is -2.51. The van der Waals surface area contributed by atoms with Gasteiger partial charge >= 0.3 is 0 Å². The quantitative estimate of drug-likeness (QED) is 0.634. The van der Waals surface area contributed by atoms with E-state index in [0.717, 1.165) is 66.8 Å². The normalized spacial score (nSPS) is 14.5. The van der Waals surface area contributed by atoms with Crippen LogP contribution in [0.5, 0.6) is 0 Å². The maximum Gasteiger partial charge on any atom is 0.181 e. The molecule has 0 bridgehead atoms. The van der Waals surface area contributed by atoms with E-state index in [0.29, 0.717) is 0 Å². The Bertz CT molecular complexity index is 960. The molecule has 7 heteroatoms. The van der Waals surface area contributed by atoms with Crippen LogP contribution >= 0.6 is 0 Å². The highest BCUT2D eigenvalue weighted by atomic mass is 16.5. The summed E-state index contributed by atoms with van der Waals surface area (Å²) in [5.74, 6) is 0.909. The summed E-state index contributed by atoms with van der Waals surface area (Å²) in [6, 6.07) is 4.18. The van der Waals surface area contributed by atoms with Crippen LogP contribution in [0.3, 0.4) is 0 Å². The van der Waals surface area contributed by atoms with E-state index in [2.05, 4.69) is 45.2 Å². The number of pyridine rings is 1. The first-order chi connectivity index (χ1) is 14.5. The number of rotatable bonds is 5. The first-order valence-electron chi connectivity index (χ1n) is 10.7. The summed E-state index contributed by atoms with van der Waals surface area (Å²) in [4.78, 5) is 16.3. The van der Waals surface area contributed by atoms with Crippen molar-refractivity contribution in [3.63, 3.8) is 0 Å². The van der Waals surface area contributed by atoms with E-state index in [1.54, 1.807) is 7.11 Å². The molecule has 0 unspecified atom stereocenters. The van der Waals surface area contributed by atoms with Gasteiger partial charge in [-0.15, -0.1) is 0 Å². The van der Waals surface area contributed by atoms with E-state index in [1.807, 2.05) is 39.4 Å². The average Bonchev–Trinajstić information content (AvgIpc) is 3.12. The molecule has 0 radical (unpaired) electrons. The predicted molar refractivity (Wildman–Crippen MR) is 120 cm³/mol. The summed E-state index contributed by atoms with van der Waals surface area (Å²) in [5.41, 5.74) is 4.72. The number of methoxy groups -OCH3 is 1. The molecule has 7 nitrogen and oxygen atoms in total. The third-order valence-electron chi connectivity index (χ3n) is 5.27. The molecule has 0 amide bonds. The molecule has 0 aliphatic carbocycles. The Labute approximate surface area is 179 Å². The molecule has 30 heavy (non-hydrogen) atoms. The average molecular weight is 412 g/mol. The van der Waals surface area contributed by atoms with E-state index in [1.165, 1.54) is 0 Å². The summed E-state index contributed by atoms with van der Waals surface area (Å²) >= 11 is 0. The molecule has 162 valence electrons. The largest absolute Gasteiger partial charge is 0.378 e. The van der Waals surface area contributed by atoms with Crippen LogP contribution in [0.1, 0.15) is 39.1 Å². The Kier molecular flexibility index (Phi) is 7.05. The van der Waals surface area contributed by atoms with Gasteiger partial charge in [-0.2, -0.15) is 0 Å². The van der Waals surface area contributed by atoms with Crippen LogP contribution < -0.4 is 4.90 Å². The van der Waals surface area contributed by atoms with Gasteiger partial charge < -0.3 is 14.4 Å². The van der Waals surface area contributed by atoms with Crippen molar-refractivity contribution in [2.75, 3.05) is 38.3 Å². The highest BCUT2D eigenvalue weighted by Gasteiger charge is 2.21. The maximum atomic E-state index is 5.52. The van der Waals surface area contributed by atoms with Gasteiger partial charge in [0.15, 0.2) is 11.5 Å². The van der Waals surface area contributed by atoms with Gasteiger partial charge in [0, 0.05) is 56.5 Å². The van der Waals surface area contributed by atoms with E-state index in [9.17, 15) is 0 Å². The number of aromatic nitrogens is 4. The van der Waals surface area contributed by atoms with E-state index in [-0.39, 0.29) is 5.60 Å². The van der Waals surface area contributed by atoms with Crippen LogP contribution in [0.2, 0.25) is 0 Å². The zero-order valence-electron chi connectivity index (χ0n) is 19.0. The van der Waals surface area contributed by atoms with Gasteiger partial charge in [-0.25, -0.2) is 9.97 Å². The van der Waals surface area contributed by atoms with E-state index in [4.69, 9.17) is 14.5 Å². The van der Waals surface area contributed by atoms with Gasteiger partial charge in [-0.1, -0.05) is 13.8 Å². The molecule has 0 aromatic carbocycles. The number of hydrogen-bond acceptors (Lipinski definition) is 6. The molecule has 4 heterocycles. The lowest BCUT2D eigenvalue weighted by Gasteiger charge is -2.27. The van der Waals surface area contributed by atoms with Crippen molar-refractivity contribution in [1.82, 2.24) is 19.4 Å². The maximum absolute atomic E-state index is 5.52. The van der Waals surface area contributed by atoms with Crippen molar-refractivity contribution in [1.29, 1.82) is 0 Å². The molecule has 0 atom stereocenters. The third kappa shape index (κ3) is 4.63. The Morgan fingerprint density at radius 1 is 1.13 bits per heavy atom. The fraction of sp³-hybridized carbons (Fsp3) is 0.522. The van der Waals surface area contributed by atoms with Crippen LogP contribution in [0.4, 0.5) is 5.82 Å². The summed E-state index contributed by atoms with van der Waals surface area (Å²) in [7, 11) is 1.73. The Morgan fingerprint density at radius 3 is 2.50 bits per heavy atom. The van der Waals surface area contributed by atoms with Crippen molar-refractivity contribution in [3.8, 4) is 11.3 Å². The molecule has 0 saturated carbocycles. The van der Waals surface area contributed by atoms with Crippen LogP contribution in [0.15, 0.2) is 30.7 Å². The standard InChI is InChI=1S/C21H27N5O2.C2H6/c1-15-18(16-5-6-17(23-14-16)13-21(2,3)27-4)26-8-7-22-19(20(26)24-15)25-9-11-28-12-10-25;1-2/h5-8,14H,9-13H2,1-4H3;1-2H3. The highest BCUT2D eigenvalue weighted by Crippen LogP contribution is 2.28. The zero-order chi connectivity index (χ0) is 21.7. The molecular formula is C23H33N5O2. The van der Waals surface area contributed by atoms with Crippen LogP contribution in [-0.2, 0) is 15.9 Å². The fourth-order valence-corrected chi connectivity index (χ4v) is 3.60. The molecule has 3 aromatic rings. The van der Waals surface area contributed by atoms with Gasteiger partial charge in [0.05, 0.1) is 30.2 Å². The minimum absolute atomic E-state index is 0.230. The van der Waals surface area contributed by atoms with Crippen molar-refractivity contribution in [3.05, 3.63) is 42.1 Å². The lowest BCUT2D eigenvalue weighted by molar-refractivity contribution is 0.0224. The number of fused-ring (bicyclic) bond motifs is 1. The van der Waals surface area contributed by atoms with Gasteiger partial charge in [0.2, 0.25) is 0 Å². The molecule has 1 fully saturated rings. The van der Waals surface area contributed by atoms with Crippen molar-refractivity contribution in [2.24, 2.45) is 0 Å². The summed E-state index contributed by atoms with van der Waals surface area (Å²) in [6.07, 6.45) is 6.50. The number of imidazole rings is 1. The van der Waals surface area contributed by atoms with Crippen LogP contribution in [0, 0.1) is 6.92 Å². The predicted octanol–water partition coefficient (Wildman–Crippen LogP) is 3.93. The second-order valence-electron chi connectivity index (χ2n) is 7.77. The lowest BCUT2D eigenvalue weighted by atomic mass is 10.0. The number of morpholine rings is 1. The lowest BCUT2D eigenvalue weighted by Crippen LogP contribution is -2.37. The number of hydrogen-bond donors (Lipinski definition) is 0. The molecule has 0 N–H and O–H groups in total. The van der Waals surface area contributed by atoms with Gasteiger partial charge in [0.25, 0.3) is 0 Å². The molecule has 3 aromatic heterocycles. The van der Waals surface area contributed by atoms with Gasteiger partial charge in [0.1, 0.15) is 0 Å². The Balaban J connectivity index is 0.00000124. The first-order valence-corrected chi connectivity index (χ1v) is 10.7. The van der Waals surface area contributed by atoms with Crippen LogP contribution in [0.25, 0.3) is 16.9 Å². The van der Waals surface area contributed by atoms with Crippen molar-refractivity contribution < 1.29 is 9.47 Å². The van der Waals surface area contributed by atoms with Gasteiger partial charge in [-0.05, 0) is 32.9 Å².